The van der Waals surface area contributed by atoms with Crippen LogP contribution in [-0.4, -0.2) is 34.2 Å². The van der Waals surface area contributed by atoms with E-state index >= 15 is 0 Å². The van der Waals surface area contributed by atoms with Crippen LogP contribution in [0.1, 0.15) is 24.3 Å². The zero-order valence-corrected chi connectivity index (χ0v) is 12.1. The normalized spacial score (nSPS) is 19.3. The highest BCUT2D eigenvalue weighted by atomic mass is 19.1. The summed E-state index contributed by atoms with van der Waals surface area (Å²) < 4.78 is 18.7. The molecule has 0 unspecified atom stereocenters. The lowest BCUT2D eigenvalue weighted by molar-refractivity contribution is 0.152. The molecule has 1 aliphatic rings. The second kappa shape index (κ2) is 5.95. The molecule has 112 valence electrons. The van der Waals surface area contributed by atoms with E-state index in [0.29, 0.717) is 12.4 Å². The monoisotopic (exact) mass is 290 g/mol. The molecule has 0 saturated carbocycles. The first-order chi connectivity index (χ1) is 10.2. The zero-order valence-electron chi connectivity index (χ0n) is 12.1. The molecule has 4 nitrogen and oxygen atoms in total. The van der Waals surface area contributed by atoms with E-state index in [2.05, 4.69) is 9.88 Å². The number of rotatable bonds is 4. The SMILES string of the molecule is Cc1oc(-c2ccc(F)cc2)nc1CN1CCC[C@H]1CO. The molecule has 2 heterocycles. The molecule has 0 radical (unpaired) electrons. The molecule has 1 saturated heterocycles. The number of aliphatic hydroxyl groups is 1. The first-order valence-electron chi connectivity index (χ1n) is 7.24. The maximum atomic E-state index is 13.0. The van der Waals surface area contributed by atoms with Gasteiger partial charge in [-0.05, 0) is 50.6 Å². The Hall–Kier alpha value is -1.72. The van der Waals surface area contributed by atoms with Crippen molar-refractivity contribution in [3.8, 4) is 11.5 Å². The highest BCUT2D eigenvalue weighted by Gasteiger charge is 2.25. The molecule has 1 aromatic heterocycles. The van der Waals surface area contributed by atoms with Gasteiger partial charge in [0.05, 0.1) is 12.3 Å². The molecule has 0 aliphatic carbocycles. The number of hydrogen-bond acceptors (Lipinski definition) is 4. The van der Waals surface area contributed by atoms with Gasteiger partial charge < -0.3 is 9.52 Å². The van der Waals surface area contributed by atoms with Gasteiger partial charge in [0.2, 0.25) is 5.89 Å². The largest absolute Gasteiger partial charge is 0.441 e. The Morgan fingerprint density at radius 1 is 1.38 bits per heavy atom. The van der Waals surface area contributed by atoms with Crippen molar-refractivity contribution in [2.75, 3.05) is 13.2 Å². The third-order valence-electron chi connectivity index (χ3n) is 4.05. The van der Waals surface area contributed by atoms with Crippen LogP contribution in [0.3, 0.4) is 0 Å². The first kappa shape index (κ1) is 14.2. The Kier molecular flexibility index (Phi) is 4.03. The van der Waals surface area contributed by atoms with Crippen LogP contribution in [0.15, 0.2) is 28.7 Å². The Balaban J connectivity index is 1.79. The standard InChI is InChI=1S/C16H19FN2O2/c1-11-15(9-19-8-2-3-14(19)10-20)18-16(21-11)12-4-6-13(17)7-5-12/h4-7,14,20H,2-3,8-10H2,1H3/t14-/m0/s1. The van der Waals surface area contributed by atoms with Gasteiger partial charge in [-0.3, -0.25) is 4.90 Å². The van der Waals surface area contributed by atoms with Gasteiger partial charge in [-0.15, -0.1) is 0 Å². The number of oxazole rings is 1. The molecule has 0 spiro atoms. The van der Waals surface area contributed by atoms with Crippen LogP contribution >= 0.6 is 0 Å². The summed E-state index contributed by atoms with van der Waals surface area (Å²) in [6.07, 6.45) is 2.13. The molecule has 1 fully saturated rings. The van der Waals surface area contributed by atoms with Gasteiger partial charge in [0.1, 0.15) is 11.6 Å². The van der Waals surface area contributed by atoms with E-state index in [1.54, 1.807) is 12.1 Å². The van der Waals surface area contributed by atoms with Gasteiger partial charge in [-0.1, -0.05) is 0 Å². The molecule has 1 N–H and O–H groups in total. The summed E-state index contributed by atoms with van der Waals surface area (Å²) in [4.78, 5) is 6.76. The van der Waals surface area contributed by atoms with Crippen molar-refractivity contribution in [1.29, 1.82) is 0 Å². The van der Waals surface area contributed by atoms with Crippen molar-refractivity contribution in [3.05, 3.63) is 41.5 Å². The molecular formula is C16H19FN2O2. The molecule has 0 bridgehead atoms. The first-order valence-corrected chi connectivity index (χ1v) is 7.24. The average Bonchev–Trinajstić information content (AvgIpc) is 3.07. The van der Waals surface area contributed by atoms with Crippen LogP contribution in [-0.2, 0) is 6.54 Å². The lowest BCUT2D eigenvalue weighted by atomic mass is 10.2. The summed E-state index contributed by atoms with van der Waals surface area (Å²) in [5.74, 6) is 1.02. The van der Waals surface area contributed by atoms with Crippen molar-refractivity contribution < 1.29 is 13.9 Å². The van der Waals surface area contributed by atoms with Gasteiger partial charge in [0.15, 0.2) is 0 Å². The van der Waals surface area contributed by atoms with Gasteiger partial charge in [0, 0.05) is 18.2 Å². The van der Waals surface area contributed by atoms with Gasteiger partial charge in [0.25, 0.3) is 0 Å². The fraction of sp³-hybridized carbons (Fsp3) is 0.438. The number of aliphatic hydroxyl groups excluding tert-OH is 1. The van der Waals surface area contributed by atoms with E-state index in [-0.39, 0.29) is 18.5 Å². The summed E-state index contributed by atoms with van der Waals surface area (Å²) in [5.41, 5.74) is 1.65. The molecule has 1 aliphatic heterocycles. The number of aryl methyl sites for hydroxylation is 1. The Morgan fingerprint density at radius 3 is 2.86 bits per heavy atom. The molecule has 21 heavy (non-hydrogen) atoms. The summed E-state index contributed by atoms with van der Waals surface area (Å²) in [5, 5.41) is 9.37. The number of likely N-dealkylation sites (tertiary alicyclic amines) is 1. The summed E-state index contributed by atoms with van der Waals surface area (Å²) in [6.45, 7) is 3.73. The summed E-state index contributed by atoms with van der Waals surface area (Å²) >= 11 is 0. The minimum absolute atomic E-state index is 0.182. The van der Waals surface area contributed by atoms with Crippen LogP contribution in [0, 0.1) is 12.7 Å². The molecular weight excluding hydrogens is 271 g/mol. The van der Waals surface area contributed by atoms with E-state index in [4.69, 9.17) is 4.42 Å². The van der Waals surface area contributed by atoms with Crippen LogP contribution in [0.2, 0.25) is 0 Å². The van der Waals surface area contributed by atoms with Crippen molar-refractivity contribution in [2.45, 2.75) is 32.4 Å². The molecule has 5 heteroatoms. The molecule has 1 atom stereocenters. The zero-order chi connectivity index (χ0) is 14.8. The fourth-order valence-corrected chi connectivity index (χ4v) is 2.79. The topological polar surface area (TPSA) is 49.5 Å². The van der Waals surface area contributed by atoms with E-state index < -0.39 is 0 Å². The van der Waals surface area contributed by atoms with Crippen molar-refractivity contribution >= 4 is 0 Å². The van der Waals surface area contributed by atoms with Crippen LogP contribution in [0.5, 0.6) is 0 Å². The van der Waals surface area contributed by atoms with Gasteiger partial charge >= 0.3 is 0 Å². The van der Waals surface area contributed by atoms with Crippen LogP contribution in [0.4, 0.5) is 4.39 Å². The number of hydrogen-bond donors (Lipinski definition) is 1. The number of benzene rings is 1. The highest BCUT2D eigenvalue weighted by molar-refractivity contribution is 5.53. The second-order valence-corrected chi connectivity index (χ2v) is 5.48. The summed E-state index contributed by atoms with van der Waals surface area (Å²) in [7, 11) is 0. The lowest BCUT2D eigenvalue weighted by Gasteiger charge is -2.21. The maximum absolute atomic E-state index is 13.0. The fourth-order valence-electron chi connectivity index (χ4n) is 2.79. The Labute approximate surface area is 123 Å². The molecule has 3 rings (SSSR count). The molecule has 2 aromatic rings. The lowest BCUT2D eigenvalue weighted by Crippen LogP contribution is -2.31. The van der Waals surface area contributed by atoms with Gasteiger partial charge in [-0.25, -0.2) is 9.37 Å². The van der Waals surface area contributed by atoms with E-state index in [1.165, 1.54) is 12.1 Å². The third kappa shape index (κ3) is 2.99. The Morgan fingerprint density at radius 2 is 2.14 bits per heavy atom. The molecule has 1 aromatic carbocycles. The van der Waals surface area contributed by atoms with Crippen molar-refractivity contribution in [2.24, 2.45) is 0 Å². The van der Waals surface area contributed by atoms with E-state index in [9.17, 15) is 9.50 Å². The number of nitrogens with zero attached hydrogens (tertiary/aromatic N) is 2. The maximum Gasteiger partial charge on any atom is 0.226 e. The van der Waals surface area contributed by atoms with Crippen molar-refractivity contribution in [1.82, 2.24) is 9.88 Å². The average molecular weight is 290 g/mol. The quantitative estimate of drug-likeness (QED) is 0.940. The van der Waals surface area contributed by atoms with Crippen LogP contribution < -0.4 is 0 Å². The predicted octanol–water partition coefficient (Wildman–Crippen LogP) is 2.75. The van der Waals surface area contributed by atoms with E-state index in [1.807, 2.05) is 6.92 Å². The highest BCUT2D eigenvalue weighted by Crippen LogP contribution is 2.25. The second-order valence-electron chi connectivity index (χ2n) is 5.48. The minimum atomic E-state index is -0.273. The Bertz CT molecular complexity index is 609. The van der Waals surface area contributed by atoms with Gasteiger partial charge in [-0.2, -0.15) is 0 Å². The predicted molar refractivity (Wildman–Crippen MR) is 77.2 cm³/mol. The smallest absolute Gasteiger partial charge is 0.226 e. The number of halogens is 1. The summed E-state index contributed by atoms with van der Waals surface area (Å²) in [6, 6.07) is 6.34. The van der Waals surface area contributed by atoms with Crippen molar-refractivity contribution in [3.63, 3.8) is 0 Å². The third-order valence-corrected chi connectivity index (χ3v) is 4.05. The molecule has 0 amide bonds. The van der Waals surface area contributed by atoms with E-state index in [0.717, 1.165) is 36.4 Å². The minimum Gasteiger partial charge on any atom is -0.441 e. The number of aromatic nitrogens is 1. The van der Waals surface area contributed by atoms with Crippen LogP contribution in [0.25, 0.3) is 11.5 Å².